The smallest absolute Gasteiger partial charge is 0.146 e. The van der Waals surface area contributed by atoms with Crippen LogP contribution in [0.5, 0.6) is 0 Å². The van der Waals surface area contributed by atoms with E-state index in [4.69, 9.17) is 0 Å². The van der Waals surface area contributed by atoms with Crippen LogP contribution < -0.4 is 0 Å². The van der Waals surface area contributed by atoms with Crippen LogP contribution in [0.4, 0.5) is 0 Å². The van der Waals surface area contributed by atoms with Crippen molar-refractivity contribution in [3.05, 3.63) is 35.9 Å². The van der Waals surface area contributed by atoms with Crippen molar-refractivity contribution in [1.82, 2.24) is 0 Å². The molecule has 0 saturated heterocycles. The molecule has 3 atom stereocenters. The zero-order valence-corrected chi connectivity index (χ0v) is 9.07. The lowest BCUT2D eigenvalue weighted by Gasteiger charge is -2.32. The van der Waals surface area contributed by atoms with Crippen molar-refractivity contribution >= 4 is 5.78 Å². The Labute approximate surface area is 90.5 Å². The standard InChI is InChI=1S/C14H16O/c1-14(11-5-3-2-4-6-11)12-8-7-10(9-12)13(14)15/h2-6,10,12H,7-9H2,1H3/t10-,12+,14+/m1/s1. The maximum atomic E-state index is 12.3. The molecular formula is C14H16O. The van der Waals surface area contributed by atoms with Gasteiger partial charge in [0.2, 0.25) is 0 Å². The van der Waals surface area contributed by atoms with Crippen LogP contribution in [0.25, 0.3) is 0 Å². The first-order valence-electron chi connectivity index (χ1n) is 5.83. The van der Waals surface area contributed by atoms with Gasteiger partial charge in [0, 0.05) is 5.92 Å². The van der Waals surface area contributed by atoms with Crippen LogP contribution in [0, 0.1) is 11.8 Å². The third-order valence-electron chi connectivity index (χ3n) is 4.51. The monoisotopic (exact) mass is 200 g/mol. The molecule has 0 aromatic heterocycles. The van der Waals surface area contributed by atoms with Gasteiger partial charge in [-0.2, -0.15) is 0 Å². The molecule has 2 bridgehead atoms. The van der Waals surface area contributed by atoms with E-state index in [2.05, 4.69) is 19.1 Å². The molecule has 1 nitrogen and oxygen atoms in total. The fourth-order valence-electron chi connectivity index (χ4n) is 3.53. The molecule has 0 amide bonds. The SMILES string of the molecule is C[C@@]1(c2ccccc2)C(=O)[C@@H]2CC[C@H]1C2. The average Bonchev–Trinajstić information content (AvgIpc) is 2.84. The summed E-state index contributed by atoms with van der Waals surface area (Å²) in [5, 5.41) is 0. The van der Waals surface area contributed by atoms with Crippen LogP contribution in [0.2, 0.25) is 0 Å². The Balaban J connectivity index is 2.08. The van der Waals surface area contributed by atoms with Gasteiger partial charge in [0.15, 0.2) is 0 Å². The van der Waals surface area contributed by atoms with E-state index in [1.54, 1.807) is 0 Å². The van der Waals surface area contributed by atoms with Crippen molar-refractivity contribution in [3.8, 4) is 0 Å². The van der Waals surface area contributed by atoms with Gasteiger partial charge < -0.3 is 0 Å². The van der Waals surface area contributed by atoms with E-state index in [1.165, 1.54) is 12.0 Å². The number of benzene rings is 1. The molecule has 0 radical (unpaired) electrons. The molecule has 2 aliphatic rings. The van der Waals surface area contributed by atoms with E-state index in [9.17, 15) is 4.79 Å². The van der Waals surface area contributed by atoms with Gasteiger partial charge in [0.25, 0.3) is 0 Å². The minimum atomic E-state index is -0.176. The number of carbonyl (C=O) groups is 1. The molecule has 2 fully saturated rings. The van der Waals surface area contributed by atoms with Gasteiger partial charge >= 0.3 is 0 Å². The van der Waals surface area contributed by atoms with E-state index >= 15 is 0 Å². The zero-order chi connectivity index (χ0) is 10.5. The van der Waals surface area contributed by atoms with E-state index in [0.717, 1.165) is 12.8 Å². The Kier molecular flexibility index (Phi) is 1.79. The van der Waals surface area contributed by atoms with Crippen LogP contribution in [0.15, 0.2) is 30.3 Å². The lowest BCUT2D eigenvalue weighted by molar-refractivity contribution is -0.127. The Bertz CT molecular complexity index is 395. The fraction of sp³-hybridized carbons (Fsp3) is 0.500. The number of ketones is 1. The first kappa shape index (κ1) is 9.14. The predicted molar refractivity (Wildman–Crippen MR) is 59.6 cm³/mol. The van der Waals surface area contributed by atoms with Gasteiger partial charge in [0.05, 0.1) is 5.41 Å². The lowest BCUT2D eigenvalue weighted by Crippen LogP contribution is -2.38. The topological polar surface area (TPSA) is 17.1 Å². The maximum absolute atomic E-state index is 12.3. The highest BCUT2D eigenvalue weighted by atomic mass is 16.1. The minimum Gasteiger partial charge on any atom is -0.298 e. The van der Waals surface area contributed by atoms with E-state index in [0.29, 0.717) is 17.6 Å². The zero-order valence-electron chi connectivity index (χ0n) is 9.07. The van der Waals surface area contributed by atoms with E-state index < -0.39 is 0 Å². The molecule has 0 spiro atoms. The number of hydrogen-bond acceptors (Lipinski definition) is 1. The van der Waals surface area contributed by atoms with Gasteiger partial charge in [-0.1, -0.05) is 30.3 Å². The van der Waals surface area contributed by atoms with Crippen molar-refractivity contribution < 1.29 is 4.79 Å². The van der Waals surface area contributed by atoms with Crippen molar-refractivity contribution in [2.75, 3.05) is 0 Å². The lowest BCUT2D eigenvalue weighted by atomic mass is 9.69. The highest BCUT2D eigenvalue weighted by molar-refractivity contribution is 5.95. The largest absolute Gasteiger partial charge is 0.298 e. The Morgan fingerprint density at radius 3 is 2.53 bits per heavy atom. The van der Waals surface area contributed by atoms with Crippen LogP contribution in [-0.2, 0) is 10.2 Å². The second-order valence-corrected chi connectivity index (χ2v) is 5.14. The summed E-state index contributed by atoms with van der Waals surface area (Å²) in [6.07, 6.45) is 3.50. The van der Waals surface area contributed by atoms with Gasteiger partial charge in [-0.15, -0.1) is 0 Å². The summed E-state index contributed by atoms with van der Waals surface area (Å²) in [6.45, 7) is 2.15. The van der Waals surface area contributed by atoms with Crippen molar-refractivity contribution in [3.63, 3.8) is 0 Å². The Morgan fingerprint density at radius 2 is 1.93 bits per heavy atom. The van der Waals surface area contributed by atoms with E-state index in [1.807, 2.05) is 18.2 Å². The molecule has 0 aliphatic heterocycles. The highest BCUT2D eigenvalue weighted by Crippen LogP contribution is 2.54. The summed E-state index contributed by atoms with van der Waals surface area (Å²) in [4.78, 5) is 12.3. The van der Waals surface area contributed by atoms with Crippen LogP contribution >= 0.6 is 0 Å². The molecule has 78 valence electrons. The fourth-order valence-corrected chi connectivity index (χ4v) is 3.53. The molecule has 1 aromatic carbocycles. The molecule has 1 heteroatoms. The number of Topliss-reactive ketones (excluding diaryl/α,β-unsaturated/α-hetero) is 1. The molecule has 0 N–H and O–H groups in total. The molecular weight excluding hydrogens is 184 g/mol. The summed E-state index contributed by atoms with van der Waals surface area (Å²) in [5.74, 6) is 1.45. The minimum absolute atomic E-state index is 0.176. The molecule has 0 heterocycles. The molecule has 1 aromatic rings. The van der Waals surface area contributed by atoms with E-state index in [-0.39, 0.29) is 5.41 Å². The van der Waals surface area contributed by atoms with Crippen molar-refractivity contribution in [1.29, 1.82) is 0 Å². The summed E-state index contributed by atoms with van der Waals surface area (Å²) in [7, 11) is 0. The quantitative estimate of drug-likeness (QED) is 0.681. The summed E-state index contributed by atoms with van der Waals surface area (Å²) in [6, 6.07) is 10.3. The second-order valence-electron chi connectivity index (χ2n) is 5.14. The number of rotatable bonds is 1. The first-order valence-corrected chi connectivity index (χ1v) is 5.83. The third-order valence-corrected chi connectivity index (χ3v) is 4.51. The highest BCUT2D eigenvalue weighted by Gasteiger charge is 2.55. The van der Waals surface area contributed by atoms with Gasteiger partial charge in [-0.25, -0.2) is 0 Å². The normalized spacial score (nSPS) is 38.6. The average molecular weight is 200 g/mol. The molecule has 15 heavy (non-hydrogen) atoms. The van der Waals surface area contributed by atoms with Crippen LogP contribution in [0.1, 0.15) is 31.7 Å². The summed E-state index contributed by atoms with van der Waals surface area (Å²) >= 11 is 0. The van der Waals surface area contributed by atoms with Crippen molar-refractivity contribution in [2.24, 2.45) is 11.8 Å². The second kappa shape index (κ2) is 2.94. The Morgan fingerprint density at radius 1 is 1.20 bits per heavy atom. The number of fused-ring (bicyclic) bond motifs is 2. The molecule has 2 aliphatic carbocycles. The van der Waals surface area contributed by atoms with Gasteiger partial charge in [-0.05, 0) is 37.7 Å². The number of carbonyl (C=O) groups excluding carboxylic acids is 1. The maximum Gasteiger partial charge on any atom is 0.146 e. The summed E-state index contributed by atoms with van der Waals surface area (Å²) < 4.78 is 0. The molecule has 0 unspecified atom stereocenters. The molecule has 3 rings (SSSR count). The van der Waals surface area contributed by atoms with Gasteiger partial charge in [0.1, 0.15) is 5.78 Å². The first-order chi connectivity index (χ1) is 7.23. The van der Waals surface area contributed by atoms with Crippen molar-refractivity contribution in [2.45, 2.75) is 31.6 Å². The van der Waals surface area contributed by atoms with Crippen LogP contribution in [-0.4, -0.2) is 5.78 Å². The number of hydrogen-bond donors (Lipinski definition) is 0. The summed E-state index contributed by atoms with van der Waals surface area (Å²) in [5.41, 5.74) is 1.05. The Hall–Kier alpha value is -1.11. The van der Waals surface area contributed by atoms with Gasteiger partial charge in [-0.3, -0.25) is 4.79 Å². The predicted octanol–water partition coefficient (Wildman–Crippen LogP) is 2.94. The molecule has 2 saturated carbocycles. The van der Waals surface area contributed by atoms with Crippen LogP contribution in [0.3, 0.4) is 0 Å². The third kappa shape index (κ3) is 1.06.